The van der Waals surface area contributed by atoms with Gasteiger partial charge >= 0.3 is 0 Å². The van der Waals surface area contributed by atoms with E-state index in [2.05, 4.69) is 4.99 Å². The van der Waals surface area contributed by atoms with Crippen LogP contribution in [0.3, 0.4) is 0 Å². The number of guanidine groups is 1. The van der Waals surface area contributed by atoms with Crippen LogP contribution >= 0.6 is 0 Å². The van der Waals surface area contributed by atoms with Gasteiger partial charge in [-0.15, -0.1) is 9.69 Å². The third-order valence-corrected chi connectivity index (χ3v) is 2.27. The Hall–Kier alpha value is -1.91. The number of hydrazone groups is 1. The van der Waals surface area contributed by atoms with Crippen molar-refractivity contribution in [1.82, 2.24) is 5.01 Å². The van der Waals surface area contributed by atoms with E-state index in [1.165, 1.54) is 6.07 Å². The fraction of sp³-hybridized carbons (Fsp3) is 0.273. The number of benzene rings is 1. The molecule has 5 heteroatoms. The van der Waals surface area contributed by atoms with Crippen LogP contribution in [-0.2, 0) is 0 Å². The highest BCUT2D eigenvalue weighted by Gasteiger charge is 2.11. The fourth-order valence-corrected chi connectivity index (χ4v) is 1.17. The van der Waals surface area contributed by atoms with Crippen molar-refractivity contribution in [2.45, 2.75) is 0 Å². The predicted octanol–water partition coefficient (Wildman–Crippen LogP) is 0.678. The van der Waals surface area contributed by atoms with E-state index in [1.807, 2.05) is 0 Å². The van der Waals surface area contributed by atoms with Crippen LogP contribution in [0.15, 0.2) is 29.3 Å². The Morgan fingerprint density at radius 1 is 1.50 bits per heavy atom. The SMILES string of the molecule is CN=C(N)N(C)[N+](C)=Cc1ccccc1F. The maximum Gasteiger partial charge on any atom is 0.247 e. The smallest absolute Gasteiger partial charge is 0.247 e. The molecule has 0 aliphatic carbocycles. The van der Waals surface area contributed by atoms with Crippen molar-refractivity contribution in [2.24, 2.45) is 10.7 Å². The number of halogens is 1. The zero-order valence-corrected chi connectivity index (χ0v) is 9.68. The van der Waals surface area contributed by atoms with Gasteiger partial charge in [-0.3, -0.25) is 4.99 Å². The first-order chi connectivity index (χ1) is 7.56. The number of hydrogen-bond acceptors (Lipinski definition) is 1. The molecular formula is C11H16FN4+. The van der Waals surface area contributed by atoms with Gasteiger partial charge in [0.15, 0.2) is 7.05 Å². The van der Waals surface area contributed by atoms with Crippen LogP contribution in [0.1, 0.15) is 5.56 Å². The van der Waals surface area contributed by atoms with E-state index in [0.29, 0.717) is 11.5 Å². The second kappa shape index (κ2) is 5.25. The monoisotopic (exact) mass is 223 g/mol. The molecule has 4 nitrogen and oxygen atoms in total. The molecule has 86 valence electrons. The van der Waals surface area contributed by atoms with Gasteiger partial charge in [-0.2, -0.15) is 0 Å². The van der Waals surface area contributed by atoms with Crippen molar-refractivity contribution in [2.75, 3.05) is 21.1 Å². The minimum Gasteiger partial charge on any atom is -0.365 e. The highest BCUT2D eigenvalue weighted by molar-refractivity contribution is 5.79. The molecule has 0 bridgehead atoms. The number of hydrogen-bond donors (Lipinski definition) is 1. The topological polar surface area (TPSA) is 44.6 Å². The molecule has 0 saturated carbocycles. The van der Waals surface area contributed by atoms with Gasteiger partial charge in [0.05, 0.1) is 12.6 Å². The molecular weight excluding hydrogens is 207 g/mol. The van der Waals surface area contributed by atoms with Crippen LogP contribution in [0.4, 0.5) is 4.39 Å². The Morgan fingerprint density at radius 2 is 2.12 bits per heavy atom. The largest absolute Gasteiger partial charge is 0.365 e. The summed E-state index contributed by atoms with van der Waals surface area (Å²) in [6.07, 6.45) is 1.65. The standard InChI is InChI=1S/C11H16FN4/c1-14-11(13)16(3)15(2)8-9-6-4-5-7-10(9)12/h4-8H,1-3H3,(H2,13,14)/q+1. The summed E-state index contributed by atoms with van der Waals surface area (Å²) >= 11 is 0. The zero-order valence-electron chi connectivity index (χ0n) is 9.68. The molecule has 0 atom stereocenters. The first-order valence-corrected chi connectivity index (χ1v) is 4.84. The molecule has 1 aromatic carbocycles. The average Bonchev–Trinajstić information content (AvgIpc) is 2.30. The lowest BCUT2D eigenvalue weighted by Gasteiger charge is -2.11. The second-order valence-corrected chi connectivity index (χ2v) is 3.33. The van der Waals surface area contributed by atoms with E-state index in [0.717, 1.165) is 0 Å². The molecule has 1 rings (SSSR count). The number of rotatable bonds is 2. The maximum atomic E-state index is 13.4. The average molecular weight is 223 g/mol. The lowest BCUT2D eigenvalue weighted by atomic mass is 10.2. The van der Waals surface area contributed by atoms with Crippen LogP contribution in [0.2, 0.25) is 0 Å². The molecule has 0 fully saturated rings. The summed E-state index contributed by atoms with van der Waals surface area (Å²) in [6.45, 7) is 0. The van der Waals surface area contributed by atoms with E-state index in [1.54, 1.807) is 55.3 Å². The highest BCUT2D eigenvalue weighted by Crippen LogP contribution is 2.02. The summed E-state index contributed by atoms with van der Waals surface area (Å²) in [7, 11) is 5.12. The van der Waals surface area contributed by atoms with Gasteiger partial charge in [0.25, 0.3) is 0 Å². The number of nitrogens with two attached hydrogens (primary N) is 1. The molecule has 0 radical (unpaired) electrons. The van der Waals surface area contributed by atoms with Crippen LogP contribution in [0.5, 0.6) is 0 Å². The Kier molecular flexibility index (Phi) is 3.99. The van der Waals surface area contributed by atoms with Crippen molar-refractivity contribution in [3.05, 3.63) is 35.6 Å². The van der Waals surface area contributed by atoms with Crippen molar-refractivity contribution in [3.8, 4) is 0 Å². The Morgan fingerprint density at radius 3 is 2.69 bits per heavy atom. The number of hydrazine groups is 1. The molecule has 0 amide bonds. The Balaban J connectivity index is 2.97. The van der Waals surface area contributed by atoms with Crippen molar-refractivity contribution in [3.63, 3.8) is 0 Å². The number of aliphatic imine (C=N–C) groups is 1. The molecule has 0 aliphatic heterocycles. The first-order valence-electron chi connectivity index (χ1n) is 4.84. The third kappa shape index (κ3) is 2.79. The van der Waals surface area contributed by atoms with Crippen molar-refractivity contribution < 1.29 is 9.07 Å². The predicted molar refractivity (Wildman–Crippen MR) is 63.1 cm³/mol. The van der Waals surface area contributed by atoms with Gasteiger partial charge in [-0.1, -0.05) is 12.1 Å². The Labute approximate surface area is 94.5 Å². The van der Waals surface area contributed by atoms with Gasteiger partial charge in [0, 0.05) is 7.05 Å². The fourth-order valence-electron chi connectivity index (χ4n) is 1.17. The van der Waals surface area contributed by atoms with Crippen LogP contribution in [0, 0.1) is 5.82 Å². The van der Waals surface area contributed by atoms with E-state index in [4.69, 9.17) is 5.73 Å². The van der Waals surface area contributed by atoms with Gasteiger partial charge in [-0.25, -0.2) is 4.39 Å². The van der Waals surface area contributed by atoms with E-state index in [-0.39, 0.29) is 5.82 Å². The van der Waals surface area contributed by atoms with E-state index >= 15 is 0 Å². The molecule has 0 spiro atoms. The van der Waals surface area contributed by atoms with Gasteiger partial charge < -0.3 is 5.73 Å². The van der Waals surface area contributed by atoms with Crippen molar-refractivity contribution >= 4 is 12.2 Å². The summed E-state index contributed by atoms with van der Waals surface area (Å²) in [4.78, 5) is 3.84. The minimum absolute atomic E-state index is 0.269. The van der Waals surface area contributed by atoms with E-state index < -0.39 is 0 Å². The molecule has 2 N–H and O–H groups in total. The van der Waals surface area contributed by atoms with Gasteiger partial charge in [0.1, 0.15) is 5.82 Å². The lowest BCUT2D eigenvalue weighted by molar-refractivity contribution is -0.632. The zero-order chi connectivity index (χ0) is 12.1. The summed E-state index contributed by atoms with van der Waals surface area (Å²) in [6, 6.07) is 6.54. The van der Waals surface area contributed by atoms with Crippen LogP contribution in [0.25, 0.3) is 0 Å². The van der Waals surface area contributed by atoms with E-state index in [9.17, 15) is 4.39 Å². The molecule has 0 saturated heterocycles. The molecule has 0 unspecified atom stereocenters. The molecule has 0 aromatic heterocycles. The number of nitrogens with zero attached hydrogens (tertiary/aromatic N) is 3. The summed E-state index contributed by atoms with van der Waals surface area (Å²) in [5.41, 5.74) is 6.13. The lowest BCUT2D eigenvalue weighted by Crippen LogP contribution is -2.40. The molecule has 16 heavy (non-hydrogen) atoms. The van der Waals surface area contributed by atoms with Gasteiger partial charge in [0.2, 0.25) is 12.2 Å². The second-order valence-electron chi connectivity index (χ2n) is 3.33. The summed E-state index contributed by atoms with van der Waals surface area (Å²) < 4.78 is 15.0. The van der Waals surface area contributed by atoms with Crippen molar-refractivity contribution in [1.29, 1.82) is 0 Å². The van der Waals surface area contributed by atoms with Crippen LogP contribution in [-0.4, -0.2) is 43.0 Å². The molecule has 1 aromatic rings. The maximum absolute atomic E-state index is 13.4. The van der Waals surface area contributed by atoms with Gasteiger partial charge in [-0.05, 0) is 12.1 Å². The molecule has 0 aliphatic rings. The molecule has 0 heterocycles. The Bertz CT molecular complexity index is 426. The summed E-state index contributed by atoms with van der Waals surface area (Å²) in [5, 5.41) is 1.62. The minimum atomic E-state index is -0.269. The third-order valence-electron chi connectivity index (χ3n) is 2.27. The highest BCUT2D eigenvalue weighted by atomic mass is 19.1. The first kappa shape index (κ1) is 12.2. The summed E-state index contributed by atoms with van der Waals surface area (Å²) in [5.74, 6) is 0.0878. The van der Waals surface area contributed by atoms with Crippen LogP contribution < -0.4 is 5.73 Å². The normalized spacial score (nSPS) is 12.8. The quantitative estimate of drug-likeness (QED) is 0.347.